The van der Waals surface area contributed by atoms with Crippen LogP contribution < -0.4 is 25.0 Å². The Morgan fingerprint density at radius 1 is 1.19 bits per heavy atom. The summed E-state index contributed by atoms with van der Waals surface area (Å²) in [6.45, 7) is 7.30. The number of ether oxygens (including phenoxy) is 3. The van der Waals surface area contributed by atoms with Crippen molar-refractivity contribution in [1.82, 2.24) is 5.32 Å². The first-order chi connectivity index (χ1) is 14.9. The largest absolute Gasteiger partial charge is 0.493 e. The van der Waals surface area contributed by atoms with Gasteiger partial charge in [-0.2, -0.15) is 0 Å². The molecule has 3 rings (SSSR count). The maximum absolute atomic E-state index is 13.2. The van der Waals surface area contributed by atoms with E-state index >= 15 is 0 Å². The van der Waals surface area contributed by atoms with Crippen molar-refractivity contribution in [2.45, 2.75) is 45.8 Å². The van der Waals surface area contributed by atoms with E-state index in [4.69, 9.17) is 18.6 Å². The monoisotopic (exact) mass is 429 g/mol. The number of para-hydroxylation sites is 1. The Bertz CT molecular complexity index is 1080. The third kappa shape index (κ3) is 5.48. The van der Waals surface area contributed by atoms with Crippen molar-refractivity contribution in [3.05, 3.63) is 40.6 Å². The molecule has 7 heteroatoms. The molecule has 2 aromatic carbocycles. The highest BCUT2D eigenvalue weighted by molar-refractivity contribution is 5.95. The average molecular weight is 430 g/mol. The maximum atomic E-state index is 13.2. The number of benzene rings is 2. The van der Waals surface area contributed by atoms with Crippen LogP contribution >= 0.6 is 0 Å². The van der Waals surface area contributed by atoms with Gasteiger partial charge in [0.2, 0.25) is 5.43 Å². The van der Waals surface area contributed by atoms with Crippen LogP contribution in [-0.4, -0.2) is 44.1 Å². The quantitative estimate of drug-likeness (QED) is 0.353. The standard InChI is InChI=1S/C24H31NO6/c1-5-6-10-25-13-16(26)14-29-17-11-20(30-15(2)3)22-21(12-17)31-24-18(23(22)27)8-7-9-19(24)28-4/h7-9,11-12,15-16,25-26H,5-6,10,13-14H2,1-4H3. The highest BCUT2D eigenvalue weighted by Gasteiger charge is 2.18. The lowest BCUT2D eigenvalue weighted by Gasteiger charge is -2.16. The lowest BCUT2D eigenvalue weighted by molar-refractivity contribution is 0.106. The summed E-state index contributed by atoms with van der Waals surface area (Å²) in [5.41, 5.74) is 0.513. The second-order valence-electron chi connectivity index (χ2n) is 7.75. The fourth-order valence-corrected chi connectivity index (χ4v) is 3.33. The van der Waals surface area contributed by atoms with Crippen molar-refractivity contribution in [2.24, 2.45) is 0 Å². The van der Waals surface area contributed by atoms with Gasteiger partial charge in [-0.15, -0.1) is 0 Å². The molecule has 0 radical (unpaired) electrons. The molecule has 0 aliphatic rings. The lowest BCUT2D eigenvalue weighted by atomic mass is 10.1. The maximum Gasteiger partial charge on any atom is 0.204 e. The molecular weight excluding hydrogens is 398 g/mol. The summed E-state index contributed by atoms with van der Waals surface area (Å²) in [5, 5.41) is 14.2. The fourth-order valence-electron chi connectivity index (χ4n) is 3.33. The zero-order valence-corrected chi connectivity index (χ0v) is 18.6. The summed E-state index contributed by atoms with van der Waals surface area (Å²) in [6, 6.07) is 8.51. The number of fused-ring (bicyclic) bond motifs is 2. The molecule has 1 atom stereocenters. The Kier molecular flexibility index (Phi) is 7.76. The number of methoxy groups -OCH3 is 1. The molecule has 168 valence electrons. The first-order valence-corrected chi connectivity index (χ1v) is 10.7. The van der Waals surface area contributed by atoms with Crippen molar-refractivity contribution >= 4 is 21.9 Å². The van der Waals surface area contributed by atoms with Crippen LogP contribution in [0.5, 0.6) is 17.2 Å². The van der Waals surface area contributed by atoms with Gasteiger partial charge in [-0.25, -0.2) is 0 Å². The Balaban J connectivity index is 1.96. The van der Waals surface area contributed by atoms with Crippen molar-refractivity contribution < 1.29 is 23.7 Å². The number of rotatable bonds is 11. The highest BCUT2D eigenvalue weighted by Crippen LogP contribution is 2.34. The number of aliphatic hydroxyl groups is 1. The van der Waals surface area contributed by atoms with Gasteiger partial charge in [0, 0.05) is 18.7 Å². The normalized spacial score (nSPS) is 12.5. The molecule has 0 spiro atoms. The summed E-state index contributed by atoms with van der Waals surface area (Å²) in [4.78, 5) is 13.2. The van der Waals surface area contributed by atoms with Gasteiger partial charge in [-0.1, -0.05) is 19.4 Å². The minimum absolute atomic E-state index is 0.104. The van der Waals surface area contributed by atoms with Crippen LogP contribution in [0.1, 0.15) is 33.6 Å². The van der Waals surface area contributed by atoms with E-state index < -0.39 is 6.10 Å². The van der Waals surface area contributed by atoms with Crippen LogP contribution in [-0.2, 0) is 0 Å². The number of hydrogen-bond donors (Lipinski definition) is 2. The molecule has 0 bridgehead atoms. The molecule has 0 amide bonds. The lowest BCUT2D eigenvalue weighted by Crippen LogP contribution is -2.32. The molecule has 0 aliphatic carbocycles. The van der Waals surface area contributed by atoms with Crippen molar-refractivity contribution in [2.75, 3.05) is 26.8 Å². The van der Waals surface area contributed by atoms with Crippen molar-refractivity contribution in [3.63, 3.8) is 0 Å². The summed E-state index contributed by atoms with van der Waals surface area (Å²) in [7, 11) is 1.53. The molecule has 7 nitrogen and oxygen atoms in total. The molecule has 31 heavy (non-hydrogen) atoms. The molecule has 0 saturated heterocycles. The van der Waals surface area contributed by atoms with Gasteiger partial charge in [0.25, 0.3) is 0 Å². The third-order valence-corrected chi connectivity index (χ3v) is 4.81. The zero-order chi connectivity index (χ0) is 22.4. The molecule has 0 aliphatic heterocycles. The smallest absolute Gasteiger partial charge is 0.204 e. The third-order valence-electron chi connectivity index (χ3n) is 4.81. The molecule has 0 fully saturated rings. The van der Waals surface area contributed by atoms with Crippen LogP contribution in [0.15, 0.2) is 39.5 Å². The van der Waals surface area contributed by atoms with Crippen LogP contribution in [0, 0.1) is 0 Å². The molecule has 2 N–H and O–H groups in total. The zero-order valence-electron chi connectivity index (χ0n) is 18.6. The minimum Gasteiger partial charge on any atom is -0.493 e. The summed E-state index contributed by atoms with van der Waals surface area (Å²) >= 11 is 0. The van der Waals surface area contributed by atoms with Crippen molar-refractivity contribution in [3.8, 4) is 17.2 Å². The van der Waals surface area contributed by atoms with Gasteiger partial charge in [0.1, 0.15) is 35.2 Å². The Hall–Kier alpha value is -2.77. The number of unbranched alkanes of at least 4 members (excludes halogenated alkanes) is 1. The van der Waals surface area contributed by atoms with Gasteiger partial charge < -0.3 is 29.1 Å². The molecule has 1 heterocycles. The van der Waals surface area contributed by atoms with Crippen LogP contribution in [0.4, 0.5) is 0 Å². The predicted octanol–water partition coefficient (Wildman–Crippen LogP) is 3.87. The second kappa shape index (κ2) is 10.5. The van der Waals surface area contributed by atoms with Crippen molar-refractivity contribution in [1.29, 1.82) is 0 Å². The van der Waals surface area contributed by atoms with Gasteiger partial charge >= 0.3 is 0 Å². The van der Waals surface area contributed by atoms with E-state index in [9.17, 15) is 9.90 Å². The van der Waals surface area contributed by atoms with Gasteiger partial charge in [0.15, 0.2) is 11.3 Å². The van der Waals surface area contributed by atoms with Gasteiger partial charge in [0.05, 0.1) is 18.6 Å². The molecular formula is C24H31NO6. The van der Waals surface area contributed by atoms with Gasteiger partial charge in [-0.05, 0) is 38.9 Å². The fraction of sp³-hybridized carbons (Fsp3) is 0.458. The first kappa shape index (κ1) is 22.9. The Labute approximate surface area is 181 Å². The van der Waals surface area contributed by atoms with Crippen LogP contribution in [0.25, 0.3) is 21.9 Å². The molecule has 1 aromatic heterocycles. The highest BCUT2D eigenvalue weighted by atomic mass is 16.5. The van der Waals surface area contributed by atoms with Crippen LogP contribution in [0.2, 0.25) is 0 Å². The first-order valence-electron chi connectivity index (χ1n) is 10.7. The SMILES string of the molecule is CCCCNCC(O)COc1cc(OC(C)C)c2c(=O)c3cccc(OC)c3oc2c1. The van der Waals surface area contributed by atoms with E-state index in [0.717, 1.165) is 19.4 Å². The predicted molar refractivity (Wildman–Crippen MR) is 122 cm³/mol. The Morgan fingerprint density at radius 2 is 2.00 bits per heavy atom. The van der Waals surface area contributed by atoms with E-state index in [1.54, 1.807) is 30.3 Å². The summed E-state index contributed by atoms with van der Waals surface area (Å²) in [6.07, 6.45) is 1.35. The van der Waals surface area contributed by atoms with E-state index in [1.165, 1.54) is 7.11 Å². The van der Waals surface area contributed by atoms with E-state index in [0.29, 0.717) is 45.7 Å². The Morgan fingerprint density at radius 3 is 2.71 bits per heavy atom. The van der Waals surface area contributed by atoms with E-state index in [2.05, 4.69) is 12.2 Å². The summed E-state index contributed by atoms with van der Waals surface area (Å²) in [5.74, 6) is 1.31. The van der Waals surface area contributed by atoms with E-state index in [1.807, 2.05) is 13.8 Å². The number of hydrogen-bond acceptors (Lipinski definition) is 7. The molecule has 3 aromatic rings. The summed E-state index contributed by atoms with van der Waals surface area (Å²) < 4.78 is 23.1. The average Bonchev–Trinajstić information content (AvgIpc) is 2.74. The second-order valence-corrected chi connectivity index (χ2v) is 7.75. The topological polar surface area (TPSA) is 90.2 Å². The van der Waals surface area contributed by atoms with E-state index in [-0.39, 0.29) is 18.1 Å². The number of aliphatic hydroxyl groups excluding tert-OH is 1. The number of nitrogens with one attached hydrogen (secondary N) is 1. The minimum atomic E-state index is -0.661. The molecule has 0 saturated carbocycles. The van der Waals surface area contributed by atoms with Gasteiger partial charge in [-0.3, -0.25) is 4.79 Å². The van der Waals surface area contributed by atoms with Crippen LogP contribution in [0.3, 0.4) is 0 Å². The molecule has 1 unspecified atom stereocenters.